The van der Waals surface area contributed by atoms with E-state index in [0.717, 1.165) is 16.9 Å². The minimum atomic E-state index is -5.08. The fourth-order valence-corrected chi connectivity index (χ4v) is 3.23. The highest BCUT2D eigenvalue weighted by Crippen LogP contribution is 2.21. The predicted octanol–water partition coefficient (Wildman–Crippen LogP) is 4.27. The molecule has 8 nitrogen and oxygen atoms in total. The molecule has 0 saturated carbocycles. The third kappa shape index (κ3) is 11.3. The van der Waals surface area contributed by atoms with Gasteiger partial charge in [0.05, 0.1) is 12.6 Å². The number of esters is 1. The molecule has 1 amide bonds. The lowest BCUT2D eigenvalue weighted by Crippen LogP contribution is -2.50. The summed E-state index contributed by atoms with van der Waals surface area (Å²) < 4.78 is 42.6. The quantitative estimate of drug-likeness (QED) is 0.324. The highest BCUT2D eigenvalue weighted by atomic mass is 19.4. The SMILES string of the molecule is CCOC(=O)[C@H](Cc1ccccc1)NC(=O)[C@@H](N)Cc1ccc(Oc2ccccc2)cc1.O=C(O)C(F)(F)F. The van der Waals surface area contributed by atoms with Crippen LogP contribution in [0, 0.1) is 0 Å². The van der Waals surface area contributed by atoms with E-state index in [-0.39, 0.29) is 6.61 Å². The third-order valence-corrected chi connectivity index (χ3v) is 5.11. The van der Waals surface area contributed by atoms with Crippen LogP contribution in [0.2, 0.25) is 0 Å². The molecule has 0 unspecified atom stereocenters. The second-order valence-corrected chi connectivity index (χ2v) is 8.18. The van der Waals surface area contributed by atoms with E-state index in [2.05, 4.69) is 5.32 Å². The van der Waals surface area contributed by atoms with Crippen molar-refractivity contribution in [2.24, 2.45) is 5.73 Å². The zero-order valence-electron chi connectivity index (χ0n) is 21.1. The molecule has 4 N–H and O–H groups in total. The first kappa shape index (κ1) is 30.8. The van der Waals surface area contributed by atoms with E-state index >= 15 is 0 Å². The van der Waals surface area contributed by atoms with E-state index in [1.807, 2.05) is 84.9 Å². The van der Waals surface area contributed by atoms with Crippen LogP contribution in [0.3, 0.4) is 0 Å². The first-order valence-corrected chi connectivity index (χ1v) is 11.9. The molecule has 0 aliphatic heterocycles. The van der Waals surface area contributed by atoms with Crippen molar-refractivity contribution in [2.45, 2.75) is 38.0 Å². The predicted molar refractivity (Wildman–Crippen MR) is 137 cm³/mol. The van der Waals surface area contributed by atoms with Crippen LogP contribution in [0.1, 0.15) is 18.1 Å². The van der Waals surface area contributed by atoms with Crippen molar-refractivity contribution in [2.75, 3.05) is 6.61 Å². The number of hydrogen-bond acceptors (Lipinski definition) is 6. The molecular formula is C28H29F3N2O6. The van der Waals surface area contributed by atoms with Gasteiger partial charge in [-0.05, 0) is 48.7 Å². The van der Waals surface area contributed by atoms with Crippen molar-refractivity contribution >= 4 is 17.8 Å². The number of benzene rings is 3. The molecule has 2 atom stereocenters. The number of nitrogens with two attached hydrogens (primary N) is 1. The normalized spacial score (nSPS) is 12.2. The van der Waals surface area contributed by atoms with Crippen LogP contribution in [-0.2, 0) is 32.0 Å². The lowest BCUT2D eigenvalue weighted by Gasteiger charge is -2.20. The first-order valence-electron chi connectivity index (χ1n) is 11.9. The monoisotopic (exact) mass is 546 g/mol. The molecule has 0 aromatic heterocycles. The number of halogens is 3. The summed E-state index contributed by atoms with van der Waals surface area (Å²) in [5.74, 6) is -2.18. The summed E-state index contributed by atoms with van der Waals surface area (Å²) in [5.41, 5.74) is 7.95. The van der Waals surface area contributed by atoms with Crippen LogP contribution in [0.5, 0.6) is 11.5 Å². The largest absolute Gasteiger partial charge is 0.490 e. The molecule has 0 fully saturated rings. The van der Waals surface area contributed by atoms with Gasteiger partial charge in [0.1, 0.15) is 17.5 Å². The zero-order chi connectivity index (χ0) is 28.8. The Morgan fingerprint density at radius 2 is 1.33 bits per heavy atom. The average molecular weight is 547 g/mol. The van der Waals surface area contributed by atoms with Gasteiger partial charge in [-0.25, -0.2) is 9.59 Å². The van der Waals surface area contributed by atoms with E-state index in [1.54, 1.807) is 6.92 Å². The second kappa shape index (κ2) is 15.1. The van der Waals surface area contributed by atoms with Crippen LogP contribution in [0.25, 0.3) is 0 Å². The second-order valence-electron chi connectivity index (χ2n) is 8.18. The molecule has 0 spiro atoms. The van der Waals surface area contributed by atoms with E-state index in [0.29, 0.717) is 18.6 Å². The maximum atomic E-state index is 12.7. The van der Waals surface area contributed by atoms with Crippen LogP contribution >= 0.6 is 0 Å². The van der Waals surface area contributed by atoms with Crippen LogP contribution in [0.4, 0.5) is 13.2 Å². The highest BCUT2D eigenvalue weighted by Gasteiger charge is 2.38. The van der Waals surface area contributed by atoms with Crippen molar-refractivity contribution in [1.29, 1.82) is 0 Å². The molecule has 11 heteroatoms. The molecule has 3 aromatic carbocycles. The standard InChI is InChI=1S/C26H28N2O4.C2HF3O2/c1-2-31-26(30)24(18-19-9-5-3-6-10-19)28-25(29)23(27)17-20-13-15-22(16-14-20)32-21-11-7-4-8-12-21;3-2(4,5)1(6)7/h3-16,23-24H,2,17-18,27H2,1H3,(H,28,29);(H,6,7)/t23-,24-;/m0./s1. The van der Waals surface area contributed by atoms with Gasteiger partial charge in [-0.15, -0.1) is 0 Å². The molecule has 3 rings (SSSR count). The first-order chi connectivity index (χ1) is 18.5. The van der Waals surface area contributed by atoms with Gasteiger partial charge >= 0.3 is 18.1 Å². The molecule has 3 aromatic rings. The number of nitrogens with one attached hydrogen (secondary N) is 1. The summed E-state index contributed by atoms with van der Waals surface area (Å²) >= 11 is 0. The number of alkyl halides is 3. The van der Waals surface area contributed by atoms with Gasteiger partial charge in [-0.2, -0.15) is 13.2 Å². The summed E-state index contributed by atoms with van der Waals surface area (Å²) in [6, 6.07) is 24.8. The number of carbonyl (C=O) groups is 3. The Morgan fingerprint density at radius 1 is 0.846 bits per heavy atom. The summed E-state index contributed by atoms with van der Waals surface area (Å²) in [5, 5.41) is 9.88. The number of carboxylic acids is 1. The molecule has 39 heavy (non-hydrogen) atoms. The molecule has 0 heterocycles. The van der Waals surface area contributed by atoms with Crippen molar-refractivity contribution in [3.63, 3.8) is 0 Å². The molecular weight excluding hydrogens is 517 g/mol. The number of para-hydroxylation sites is 1. The molecule has 0 radical (unpaired) electrons. The van der Waals surface area contributed by atoms with Gasteiger partial charge in [0.15, 0.2) is 0 Å². The Bertz CT molecular complexity index is 1190. The van der Waals surface area contributed by atoms with Gasteiger partial charge in [0.2, 0.25) is 5.91 Å². The summed E-state index contributed by atoms with van der Waals surface area (Å²) in [6.45, 7) is 1.97. The van der Waals surface area contributed by atoms with E-state index in [1.165, 1.54) is 0 Å². The van der Waals surface area contributed by atoms with Gasteiger partial charge < -0.3 is 25.6 Å². The number of amides is 1. The van der Waals surface area contributed by atoms with Crippen LogP contribution < -0.4 is 15.8 Å². The number of rotatable bonds is 10. The van der Waals surface area contributed by atoms with Crippen molar-refractivity contribution in [3.8, 4) is 11.5 Å². The lowest BCUT2D eigenvalue weighted by molar-refractivity contribution is -0.192. The number of hydrogen-bond donors (Lipinski definition) is 3. The molecule has 0 aliphatic carbocycles. The van der Waals surface area contributed by atoms with Crippen LogP contribution in [0.15, 0.2) is 84.9 Å². The maximum absolute atomic E-state index is 12.7. The van der Waals surface area contributed by atoms with Crippen molar-refractivity contribution < 1.29 is 42.1 Å². The van der Waals surface area contributed by atoms with Gasteiger partial charge in [0.25, 0.3) is 0 Å². The Balaban J connectivity index is 0.000000673. The fourth-order valence-electron chi connectivity index (χ4n) is 3.23. The topological polar surface area (TPSA) is 128 Å². The Labute approximate surface area is 223 Å². The zero-order valence-corrected chi connectivity index (χ0v) is 21.1. The van der Waals surface area contributed by atoms with Crippen LogP contribution in [-0.4, -0.2) is 47.8 Å². The number of ether oxygens (including phenoxy) is 2. The van der Waals surface area contributed by atoms with Gasteiger partial charge in [-0.3, -0.25) is 4.79 Å². The molecule has 0 saturated heterocycles. The van der Waals surface area contributed by atoms with Crippen molar-refractivity contribution in [3.05, 3.63) is 96.1 Å². The Hall–Kier alpha value is -4.38. The average Bonchev–Trinajstić information content (AvgIpc) is 2.90. The summed E-state index contributed by atoms with van der Waals surface area (Å²) in [6.07, 6.45) is -4.41. The Kier molecular flexibility index (Phi) is 12.0. The molecule has 0 aliphatic rings. The minimum absolute atomic E-state index is 0.240. The van der Waals surface area contributed by atoms with E-state index < -0.39 is 36.1 Å². The summed E-state index contributed by atoms with van der Waals surface area (Å²) in [4.78, 5) is 34.0. The van der Waals surface area contributed by atoms with Gasteiger partial charge in [-0.1, -0.05) is 60.7 Å². The van der Waals surface area contributed by atoms with Crippen molar-refractivity contribution in [1.82, 2.24) is 5.32 Å². The molecule has 0 bridgehead atoms. The minimum Gasteiger partial charge on any atom is -0.475 e. The number of aliphatic carboxylic acids is 1. The van der Waals surface area contributed by atoms with Gasteiger partial charge in [0, 0.05) is 6.42 Å². The number of carbonyl (C=O) groups excluding carboxylic acids is 2. The highest BCUT2D eigenvalue weighted by molar-refractivity contribution is 5.87. The molecule has 208 valence electrons. The van der Waals surface area contributed by atoms with E-state index in [4.69, 9.17) is 25.1 Å². The maximum Gasteiger partial charge on any atom is 0.490 e. The third-order valence-electron chi connectivity index (χ3n) is 5.11. The number of carboxylic acid groups (broad SMARTS) is 1. The lowest BCUT2D eigenvalue weighted by atomic mass is 10.0. The fraction of sp³-hybridized carbons (Fsp3) is 0.250. The summed E-state index contributed by atoms with van der Waals surface area (Å²) in [7, 11) is 0. The Morgan fingerprint density at radius 3 is 1.85 bits per heavy atom. The smallest absolute Gasteiger partial charge is 0.475 e. The van der Waals surface area contributed by atoms with E-state index in [9.17, 15) is 22.8 Å².